The quantitative estimate of drug-likeness (QED) is 0.635. The van der Waals surface area contributed by atoms with Gasteiger partial charge in [-0.15, -0.1) is 0 Å². The fraction of sp³-hybridized carbons (Fsp3) is 0.263. The van der Waals surface area contributed by atoms with E-state index in [4.69, 9.17) is 4.74 Å². The molecule has 0 spiro atoms. The van der Waals surface area contributed by atoms with Crippen LogP contribution in [-0.2, 0) is 11.3 Å². The summed E-state index contributed by atoms with van der Waals surface area (Å²) >= 11 is 2.09. The van der Waals surface area contributed by atoms with Gasteiger partial charge in [0, 0.05) is 15.7 Å². The van der Waals surface area contributed by atoms with Crippen LogP contribution in [0.15, 0.2) is 48.5 Å². The Morgan fingerprint density at radius 1 is 1.04 bits per heavy atom. The number of amides is 2. The molecular weight excluding hydrogens is 431 g/mol. The second-order valence-electron chi connectivity index (χ2n) is 5.71. The molecule has 2 aromatic carbocycles. The van der Waals surface area contributed by atoms with Crippen LogP contribution in [0.3, 0.4) is 0 Å². The number of nitrogens with one attached hydrogen (secondary N) is 2. The van der Waals surface area contributed by atoms with Crippen molar-refractivity contribution in [1.82, 2.24) is 10.6 Å². The van der Waals surface area contributed by atoms with E-state index in [1.807, 2.05) is 50.2 Å². The highest BCUT2D eigenvalue weighted by atomic mass is 127. The van der Waals surface area contributed by atoms with E-state index >= 15 is 0 Å². The maximum absolute atomic E-state index is 12.1. The first-order valence-electron chi connectivity index (χ1n) is 8.01. The summed E-state index contributed by atoms with van der Waals surface area (Å²) in [5, 5.41) is 5.43. The van der Waals surface area contributed by atoms with E-state index in [0.29, 0.717) is 12.1 Å². The Morgan fingerprint density at radius 2 is 1.72 bits per heavy atom. The minimum Gasteiger partial charge on any atom is -0.491 e. The average Bonchev–Trinajstić information content (AvgIpc) is 2.59. The van der Waals surface area contributed by atoms with Gasteiger partial charge in [0.15, 0.2) is 0 Å². The highest BCUT2D eigenvalue weighted by Gasteiger charge is 2.11. The predicted molar refractivity (Wildman–Crippen MR) is 106 cm³/mol. The summed E-state index contributed by atoms with van der Waals surface area (Å²) in [7, 11) is 0. The number of carbonyl (C=O) groups excluding carboxylic acids is 2. The summed E-state index contributed by atoms with van der Waals surface area (Å²) in [6.45, 7) is 4.18. The van der Waals surface area contributed by atoms with Crippen molar-refractivity contribution < 1.29 is 14.3 Å². The summed E-state index contributed by atoms with van der Waals surface area (Å²) in [4.78, 5) is 24.1. The molecule has 0 unspecified atom stereocenters. The molecule has 0 bridgehead atoms. The number of hydrogen-bond acceptors (Lipinski definition) is 3. The normalized spacial score (nSPS) is 10.4. The van der Waals surface area contributed by atoms with Gasteiger partial charge in [0.25, 0.3) is 5.91 Å². The van der Waals surface area contributed by atoms with Crippen LogP contribution in [0.5, 0.6) is 5.75 Å². The second kappa shape index (κ2) is 9.41. The molecule has 5 nitrogen and oxygen atoms in total. The molecule has 6 heteroatoms. The van der Waals surface area contributed by atoms with Gasteiger partial charge in [-0.25, -0.2) is 0 Å². The highest BCUT2D eigenvalue weighted by molar-refractivity contribution is 14.1. The third-order valence-corrected chi connectivity index (χ3v) is 4.28. The van der Waals surface area contributed by atoms with Crippen LogP contribution in [0, 0.1) is 3.57 Å². The van der Waals surface area contributed by atoms with Gasteiger partial charge in [-0.2, -0.15) is 0 Å². The van der Waals surface area contributed by atoms with E-state index in [-0.39, 0.29) is 24.5 Å². The van der Waals surface area contributed by atoms with Crippen LogP contribution >= 0.6 is 22.6 Å². The smallest absolute Gasteiger partial charge is 0.252 e. The van der Waals surface area contributed by atoms with Crippen molar-refractivity contribution in [2.45, 2.75) is 26.5 Å². The largest absolute Gasteiger partial charge is 0.491 e. The minimum atomic E-state index is -0.260. The Hall–Kier alpha value is -2.09. The van der Waals surface area contributed by atoms with Crippen LogP contribution in [0.1, 0.15) is 29.8 Å². The minimum absolute atomic E-state index is 0.0597. The van der Waals surface area contributed by atoms with Crippen molar-refractivity contribution >= 4 is 34.4 Å². The zero-order chi connectivity index (χ0) is 18.2. The molecule has 0 heterocycles. The number of benzene rings is 2. The molecule has 0 saturated carbocycles. The first-order chi connectivity index (χ1) is 12.0. The van der Waals surface area contributed by atoms with Gasteiger partial charge in [-0.3, -0.25) is 9.59 Å². The maximum atomic E-state index is 12.1. The number of para-hydroxylation sites is 1. The van der Waals surface area contributed by atoms with Crippen molar-refractivity contribution in [1.29, 1.82) is 0 Å². The molecule has 0 aliphatic rings. The SMILES string of the molecule is CC(C)Oc1ccccc1CNC(=O)CNC(=O)c1ccccc1I. The van der Waals surface area contributed by atoms with Gasteiger partial charge in [0.1, 0.15) is 5.75 Å². The van der Waals surface area contributed by atoms with Crippen LogP contribution in [0.25, 0.3) is 0 Å². The van der Waals surface area contributed by atoms with Crippen molar-refractivity contribution in [3.8, 4) is 5.75 Å². The summed E-state index contributed by atoms with van der Waals surface area (Å²) < 4.78 is 6.57. The molecule has 0 aliphatic carbocycles. The van der Waals surface area contributed by atoms with Gasteiger partial charge in [-0.05, 0) is 54.6 Å². The lowest BCUT2D eigenvalue weighted by Crippen LogP contribution is -2.36. The highest BCUT2D eigenvalue weighted by Crippen LogP contribution is 2.19. The fourth-order valence-electron chi connectivity index (χ4n) is 2.18. The Labute approximate surface area is 161 Å². The maximum Gasteiger partial charge on any atom is 0.252 e. The molecule has 2 amide bonds. The summed E-state index contributed by atoms with van der Waals surface area (Å²) in [6.07, 6.45) is 0.0597. The third-order valence-electron chi connectivity index (χ3n) is 3.34. The molecule has 2 rings (SSSR count). The monoisotopic (exact) mass is 452 g/mol. The molecule has 0 fully saturated rings. The predicted octanol–water partition coefficient (Wildman–Crippen LogP) is 3.12. The number of carbonyl (C=O) groups is 2. The molecule has 0 aromatic heterocycles. The van der Waals surface area contributed by atoms with E-state index in [1.165, 1.54) is 0 Å². The van der Waals surface area contributed by atoms with Gasteiger partial charge in [0.05, 0.1) is 18.2 Å². The lowest BCUT2D eigenvalue weighted by atomic mass is 10.2. The van der Waals surface area contributed by atoms with Gasteiger partial charge in [0.2, 0.25) is 5.91 Å². The summed E-state index contributed by atoms with van der Waals surface area (Å²) in [5.74, 6) is 0.239. The standard InChI is InChI=1S/C19H21IN2O3/c1-13(2)25-17-10-6-3-7-14(17)11-21-18(23)12-22-19(24)15-8-4-5-9-16(15)20/h3-10,13H,11-12H2,1-2H3,(H,21,23)(H,22,24). The van der Waals surface area contributed by atoms with E-state index in [1.54, 1.807) is 12.1 Å². The number of hydrogen-bond donors (Lipinski definition) is 2. The Bertz CT molecular complexity index is 747. The van der Waals surface area contributed by atoms with Crippen LogP contribution in [0.2, 0.25) is 0 Å². The van der Waals surface area contributed by atoms with E-state index in [9.17, 15) is 9.59 Å². The number of rotatable bonds is 7. The zero-order valence-electron chi connectivity index (χ0n) is 14.2. The first-order valence-corrected chi connectivity index (χ1v) is 9.09. The average molecular weight is 452 g/mol. The molecule has 0 aliphatic heterocycles. The van der Waals surface area contributed by atoms with E-state index in [2.05, 4.69) is 33.2 Å². The van der Waals surface area contributed by atoms with Crippen LogP contribution < -0.4 is 15.4 Å². The third kappa shape index (κ3) is 6.04. The lowest BCUT2D eigenvalue weighted by Gasteiger charge is -2.14. The van der Waals surface area contributed by atoms with Crippen molar-refractivity contribution in [3.05, 3.63) is 63.2 Å². The zero-order valence-corrected chi connectivity index (χ0v) is 16.4. The molecule has 2 aromatic rings. The molecule has 132 valence electrons. The lowest BCUT2D eigenvalue weighted by molar-refractivity contribution is -0.120. The number of ether oxygens (including phenoxy) is 1. The second-order valence-corrected chi connectivity index (χ2v) is 6.88. The molecule has 25 heavy (non-hydrogen) atoms. The Balaban J connectivity index is 1.85. The van der Waals surface area contributed by atoms with Gasteiger partial charge < -0.3 is 15.4 Å². The van der Waals surface area contributed by atoms with E-state index < -0.39 is 0 Å². The van der Waals surface area contributed by atoms with Crippen molar-refractivity contribution in [3.63, 3.8) is 0 Å². The van der Waals surface area contributed by atoms with Crippen LogP contribution in [-0.4, -0.2) is 24.5 Å². The van der Waals surface area contributed by atoms with Crippen molar-refractivity contribution in [2.75, 3.05) is 6.54 Å². The molecule has 2 N–H and O–H groups in total. The topological polar surface area (TPSA) is 67.4 Å². The van der Waals surface area contributed by atoms with Gasteiger partial charge >= 0.3 is 0 Å². The van der Waals surface area contributed by atoms with E-state index in [0.717, 1.165) is 14.9 Å². The molecule has 0 saturated heterocycles. The Morgan fingerprint density at radius 3 is 2.44 bits per heavy atom. The summed E-state index contributed by atoms with van der Waals surface area (Å²) in [6, 6.07) is 14.8. The fourth-order valence-corrected chi connectivity index (χ4v) is 2.81. The Kier molecular flexibility index (Phi) is 7.24. The summed E-state index contributed by atoms with van der Waals surface area (Å²) in [5.41, 5.74) is 1.46. The molecule has 0 atom stereocenters. The van der Waals surface area contributed by atoms with Gasteiger partial charge in [-0.1, -0.05) is 30.3 Å². The van der Waals surface area contributed by atoms with Crippen LogP contribution in [0.4, 0.5) is 0 Å². The van der Waals surface area contributed by atoms with Crippen molar-refractivity contribution in [2.24, 2.45) is 0 Å². The molecular formula is C19H21IN2O3. The first kappa shape index (κ1) is 19.2. The molecule has 0 radical (unpaired) electrons. The number of halogens is 1.